The maximum atomic E-state index is 14.0. The monoisotopic (exact) mass is 619 g/mol. The van der Waals surface area contributed by atoms with Gasteiger partial charge in [0.05, 0.1) is 18.2 Å². The van der Waals surface area contributed by atoms with Gasteiger partial charge in [-0.25, -0.2) is 0 Å². The summed E-state index contributed by atoms with van der Waals surface area (Å²) in [6.45, 7) is 1.50. The highest BCUT2D eigenvalue weighted by molar-refractivity contribution is 6.24. The van der Waals surface area contributed by atoms with Crippen molar-refractivity contribution in [2.75, 3.05) is 27.2 Å². The summed E-state index contributed by atoms with van der Waals surface area (Å²) >= 11 is 0. The molecular formula is C32H33N3O10. The number of benzene rings is 2. The maximum absolute atomic E-state index is 14.0. The smallest absolute Gasteiger partial charge is 0.325 e. The van der Waals surface area contributed by atoms with Crippen LogP contribution in [0, 0.1) is 11.8 Å². The molecule has 1 fully saturated rings. The van der Waals surface area contributed by atoms with Gasteiger partial charge in [0.2, 0.25) is 5.78 Å². The number of fused-ring (bicyclic) bond motifs is 3. The van der Waals surface area contributed by atoms with Crippen molar-refractivity contribution in [1.29, 1.82) is 0 Å². The summed E-state index contributed by atoms with van der Waals surface area (Å²) in [4.78, 5) is 65.4. The van der Waals surface area contributed by atoms with Gasteiger partial charge in [0.25, 0.3) is 11.8 Å². The number of ether oxygens (including phenoxy) is 1. The van der Waals surface area contributed by atoms with Crippen LogP contribution in [-0.2, 0) is 30.3 Å². The summed E-state index contributed by atoms with van der Waals surface area (Å²) in [5, 5.41) is 47.6. The van der Waals surface area contributed by atoms with Crippen molar-refractivity contribution in [2.45, 2.75) is 31.4 Å². The van der Waals surface area contributed by atoms with E-state index in [1.807, 2.05) is 0 Å². The summed E-state index contributed by atoms with van der Waals surface area (Å²) < 4.78 is 4.84. The average molecular weight is 620 g/mol. The Balaban J connectivity index is 1.60. The Bertz CT molecular complexity index is 1730. The molecule has 4 atom stereocenters. The minimum atomic E-state index is -2.73. The van der Waals surface area contributed by atoms with Crippen molar-refractivity contribution in [3.63, 3.8) is 0 Å². The van der Waals surface area contributed by atoms with Crippen molar-refractivity contribution in [3.8, 4) is 16.9 Å². The van der Waals surface area contributed by atoms with Crippen molar-refractivity contribution in [1.82, 2.24) is 10.2 Å². The number of amides is 2. The first-order chi connectivity index (χ1) is 21.2. The number of ketones is 2. The molecule has 0 saturated heterocycles. The number of nitrogens with zero attached hydrogens (tertiary/aromatic N) is 1. The van der Waals surface area contributed by atoms with Crippen LogP contribution in [-0.4, -0.2) is 93.6 Å². The van der Waals surface area contributed by atoms with E-state index in [4.69, 9.17) is 10.5 Å². The van der Waals surface area contributed by atoms with Crippen LogP contribution >= 0.6 is 0 Å². The van der Waals surface area contributed by atoms with E-state index in [0.717, 1.165) is 0 Å². The molecule has 13 nitrogen and oxygen atoms in total. The Morgan fingerprint density at radius 2 is 1.82 bits per heavy atom. The lowest BCUT2D eigenvalue weighted by Crippen LogP contribution is -2.65. The third kappa shape index (κ3) is 4.93. The predicted octanol–water partition coefficient (Wildman–Crippen LogP) is 0.924. The van der Waals surface area contributed by atoms with E-state index in [9.17, 15) is 44.4 Å². The van der Waals surface area contributed by atoms with Crippen LogP contribution in [0.1, 0.15) is 34.8 Å². The number of rotatable bonds is 7. The molecular weight excluding hydrogens is 586 g/mol. The molecule has 236 valence electrons. The Kier molecular flexibility index (Phi) is 8.02. The van der Waals surface area contributed by atoms with E-state index in [1.54, 1.807) is 37.3 Å². The van der Waals surface area contributed by atoms with Gasteiger partial charge in [-0.1, -0.05) is 18.2 Å². The van der Waals surface area contributed by atoms with Crippen molar-refractivity contribution >= 4 is 35.1 Å². The minimum absolute atomic E-state index is 0.0584. The van der Waals surface area contributed by atoms with E-state index in [-0.39, 0.29) is 48.4 Å². The van der Waals surface area contributed by atoms with Crippen molar-refractivity contribution in [2.24, 2.45) is 17.6 Å². The van der Waals surface area contributed by atoms with Crippen LogP contribution < -0.4 is 11.1 Å². The standard InChI is InChI=1S/C32H33N3O10/c1-4-45-21(37)13-34-31(43)15-7-5-6-14(10-15)17-8-9-20(36)23-18(17)11-16-12-19-25(35(2)3)27(39)24(30(33)42)29(41)32(19,44)28(40)22(16)26(23)38/h5-10,16,19,25,36,38,41,44H,4,11-13H2,1-3H3,(H2,33,42)(H,34,43)/t16-,19-,25?,32-/m0/s1. The molecule has 13 heteroatoms. The predicted molar refractivity (Wildman–Crippen MR) is 159 cm³/mol. The van der Waals surface area contributed by atoms with E-state index in [0.29, 0.717) is 16.7 Å². The molecule has 3 aliphatic carbocycles. The number of nitrogens with two attached hydrogens (primary N) is 1. The van der Waals surface area contributed by atoms with Crippen LogP contribution in [0.15, 0.2) is 53.3 Å². The molecule has 0 heterocycles. The number of nitrogens with one attached hydrogen (secondary N) is 1. The first-order valence-electron chi connectivity index (χ1n) is 14.3. The molecule has 0 aliphatic heterocycles. The van der Waals surface area contributed by atoms with Crippen LogP contribution in [0.3, 0.4) is 0 Å². The van der Waals surface area contributed by atoms with Gasteiger partial charge < -0.3 is 36.2 Å². The molecule has 0 radical (unpaired) electrons. The quantitative estimate of drug-likeness (QED) is 0.189. The van der Waals surface area contributed by atoms with E-state index in [1.165, 1.54) is 25.1 Å². The van der Waals surface area contributed by atoms with Gasteiger partial charge in [-0.2, -0.15) is 0 Å². The average Bonchev–Trinajstić information content (AvgIpc) is 2.97. The second-order valence-corrected chi connectivity index (χ2v) is 11.5. The zero-order valence-corrected chi connectivity index (χ0v) is 24.8. The zero-order chi connectivity index (χ0) is 33.0. The topological polar surface area (TPSA) is 217 Å². The van der Waals surface area contributed by atoms with E-state index < -0.39 is 69.9 Å². The normalized spacial score (nSPS) is 24.2. The Hall–Kier alpha value is -5.01. The molecule has 0 aromatic heterocycles. The van der Waals surface area contributed by atoms with Gasteiger partial charge in [0.1, 0.15) is 29.4 Å². The highest BCUT2D eigenvalue weighted by Crippen LogP contribution is 2.53. The van der Waals surface area contributed by atoms with Gasteiger partial charge in [0.15, 0.2) is 11.4 Å². The Morgan fingerprint density at radius 3 is 2.47 bits per heavy atom. The number of phenols is 1. The number of likely N-dealkylation sites (N-methyl/N-ethyl adjacent to an activating group) is 1. The van der Waals surface area contributed by atoms with Crippen LogP contribution in [0.5, 0.6) is 5.75 Å². The first kappa shape index (κ1) is 31.4. The number of hydrogen-bond acceptors (Lipinski definition) is 11. The van der Waals surface area contributed by atoms with Gasteiger partial charge in [-0.3, -0.25) is 28.9 Å². The van der Waals surface area contributed by atoms with Gasteiger partial charge in [0, 0.05) is 17.1 Å². The van der Waals surface area contributed by atoms with Gasteiger partial charge in [-0.05, 0) is 74.7 Å². The third-order valence-corrected chi connectivity index (χ3v) is 8.74. The van der Waals surface area contributed by atoms with Crippen LogP contribution in [0.2, 0.25) is 0 Å². The maximum Gasteiger partial charge on any atom is 0.325 e. The molecule has 45 heavy (non-hydrogen) atoms. The molecule has 1 unspecified atom stereocenters. The van der Waals surface area contributed by atoms with Gasteiger partial charge >= 0.3 is 5.97 Å². The first-order valence-corrected chi connectivity index (χ1v) is 14.3. The second kappa shape index (κ2) is 11.5. The van der Waals surface area contributed by atoms with Crippen molar-refractivity contribution < 1.29 is 49.1 Å². The lowest BCUT2D eigenvalue weighted by molar-refractivity contribution is -0.153. The highest BCUT2D eigenvalue weighted by atomic mass is 16.5. The lowest BCUT2D eigenvalue weighted by atomic mass is 9.57. The zero-order valence-electron chi connectivity index (χ0n) is 24.8. The molecule has 2 aromatic rings. The summed E-state index contributed by atoms with van der Waals surface area (Å²) in [6.07, 6.45) is 0.0225. The molecule has 2 aromatic carbocycles. The second-order valence-electron chi connectivity index (χ2n) is 11.5. The number of aliphatic hydroxyl groups is 3. The third-order valence-electron chi connectivity index (χ3n) is 8.74. The van der Waals surface area contributed by atoms with Crippen LogP contribution in [0.25, 0.3) is 16.9 Å². The number of aliphatic hydroxyl groups excluding tert-OH is 2. The highest BCUT2D eigenvalue weighted by Gasteiger charge is 2.64. The summed E-state index contributed by atoms with van der Waals surface area (Å²) in [5.74, 6) is -8.46. The van der Waals surface area contributed by atoms with Crippen LogP contribution in [0.4, 0.5) is 0 Å². The minimum Gasteiger partial charge on any atom is -0.508 e. The molecule has 7 N–H and O–H groups in total. The number of aromatic hydroxyl groups is 1. The largest absolute Gasteiger partial charge is 0.508 e. The Labute approximate surface area is 257 Å². The number of primary amides is 1. The molecule has 0 bridgehead atoms. The fourth-order valence-electron chi connectivity index (χ4n) is 6.81. The number of Topliss-reactive ketones (excluding diaryl/α,β-unsaturated/α-hetero) is 2. The number of carbonyl (C=O) groups excluding carboxylic acids is 5. The molecule has 5 rings (SSSR count). The molecule has 1 saturated carbocycles. The molecule has 2 amide bonds. The SMILES string of the molecule is CCOC(=O)CNC(=O)c1cccc(-c2ccc(O)c3c2C[C@H]2C[C@H]4C(N(C)C)C(=O)C(C(N)=O)=C(O)[C@@]4(O)C(=O)C2=C3O)c1. The number of esters is 1. The fraction of sp³-hybridized carbons (Fsp3) is 0.344. The molecule has 3 aliphatic rings. The van der Waals surface area contributed by atoms with Gasteiger partial charge in [-0.15, -0.1) is 0 Å². The molecule has 0 spiro atoms. The number of carbonyl (C=O) groups is 5. The summed E-state index contributed by atoms with van der Waals surface area (Å²) in [5.41, 5.74) is 3.17. The van der Waals surface area contributed by atoms with E-state index >= 15 is 0 Å². The lowest BCUT2D eigenvalue weighted by Gasteiger charge is -2.50. The number of hydrogen-bond donors (Lipinski definition) is 6. The fourth-order valence-corrected chi connectivity index (χ4v) is 6.81. The number of phenolic OH excluding ortho intramolecular Hbond substituents is 1. The summed E-state index contributed by atoms with van der Waals surface area (Å²) in [7, 11) is 3.05. The van der Waals surface area contributed by atoms with Crippen molar-refractivity contribution in [3.05, 3.63) is 70.0 Å². The Morgan fingerprint density at radius 1 is 1.11 bits per heavy atom. The van der Waals surface area contributed by atoms with E-state index in [2.05, 4.69) is 5.32 Å². The summed E-state index contributed by atoms with van der Waals surface area (Å²) in [6, 6.07) is 8.18.